The van der Waals surface area contributed by atoms with E-state index < -0.39 is 0 Å². The second-order valence-corrected chi connectivity index (χ2v) is 7.20. The minimum Gasteiger partial charge on any atom is -0.306 e. The number of hydrogen-bond acceptors (Lipinski definition) is 4. The zero-order chi connectivity index (χ0) is 19.7. The van der Waals surface area contributed by atoms with Crippen LogP contribution >= 0.6 is 11.3 Å². The van der Waals surface area contributed by atoms with Crippen LogP contribution in [0.3, 0.4) is 0 Å². The Morgan fingerprint density at radius 2 is 1.79 bits per heavy atom. The fourth-order valence-electron chi connectivity index (χ4n) is 2.79. The van der Waals surface area contributed by atoms with Gasteiger partial charge in [-0.3, -0.25) is 9.36 Å². The Labute approximate surface area is 165 Å². The number of nitrogens with zero attached hydrogens (tertiary/aromatic N) is 3. The van der Waals surface area contributed by atoms with E-state index in [1.54, 1.807) is 10.8 Å². The number of hydrogen-bond donors (Lipinski definition) is 1. The molecule has 0 spiro atoms. The number of halogens is 1. The number of rotatable bonds is 4. The molecule has 0 unspecified atom stereocenters. The molecule has 0 fully saturated rings. The molecule has 0 aliphatic rings. The van der Waals surface area contributed by atoms with Gasteiger partial charge in [-0.2, -0.15) is 0 Å². The molecule has 0 saturated carbocycles. The van der Waals surface area contributed by atoms with Crippen LogP contribution in [0.15, 0.2) is 60.1 Å². The number of aromatic nitrogens is 3. The van der Waals surface area contributed by atoms with Gasteiger partial charge in [0.2, 0.25) is 0 Å². The van der Waals surface area contributed by atoms with Crippen molar-refractivity contribution in [3.05, 3.63) is 82.9 Å². The first-order valence-corrected chi connectivity index (χ1v) is 9.53. The maximum Gasteiger partial charge on any atom is 0.256 e. The molecule has 2 heterocycles. The van der Waals surface area contributed by atoms with Gasteiger partial charge in [0.25, 0.3) is 5.91 Å². The maximum atomic E-state index is 13.1. The third-order valence-corrected chi connectivity index (χ3v) is 5.14. The molecule has 0 aliphatic heterocycles. The molecule has 0 saturated heterocycles. The van der Waals surface area contributed by atoms with Crippen molar-refractivity contribution >= 4 is 23.1 Å². The van der Waals surface area contributed by atoms with Crippen LogP contribution in [-0.4, -0.2) is 20.4 Å². The Morgan fingerprint density at radius 3 is 2.50 bits per heavy atom. The number of carbonyl (C=O) groups is 1. The third kappa shape index (κ3) is 3.57. The lowest BCUT2D eigenvalue weighted by atomic mass is 10.1. The summed E-state index contributed by atoms with van der Waals surface area (Å²) in [6.07, 6.45) is 1.59. The van der Waals surface area contributed by atoms with E-state index >= 15 is 0 Å². The molecule has 4 aromatic rings. The Kier molecular flexibility index (Phi) is 4.75. The molecule has 0 radical (unpaired) electrons. The summed E-state index contributed by atoms with van der Waals surface area (Å²) in [7, 11) is 0. The van der Waals surface area contributed by atoms with Gasteiger partial charge in [-0.05, 0) is 38.1 Å². The first-order valence-electron chi connectivity index (χ1n) is 8.65. The molecule has 4 rings (SSSR count). The van der Waals surface area contributed by atoms with Crippen molar-refractivity contribution in [1.82, 2.24) is 14.5 Å². The zero-order valence-corrected chi connectivity index (χ0v) is 16.1. The molecule has 5 nitrogen and oxygen atoms in total. The SMILES string of the molecule is Cc1ccc(-c2csc(-n3c(NC(=O)c4ccc(F)cc4)cnc3C)n2)cc1. The molecular weight excluding hydrogens is 375 g/mol. The number of nitrogens with one attached hydrogen (secondary N) is 1. The van der Waals surface area contributed by atoms with Gasteiger partial charge in [0.15, 0.2) is 5.13 Å². The lowest BCUT2D eigenvalue weighted by Crippen LogP contribution is -2.15. The van der Waals surface area contributed by atoms with Gasteiger partial charge in [-0.1, -0.05) is 29.8 Å². The summed E-state index contributed by atoms with van der Waals surface area (Å²) in [5, 5.41) is 5.51. The minimum atomic E-state index is -0.385. The van der Waals surface area contributed by atoms with E-state index in [9.17, 15) is 9.18 Å². The Morgan fingerprint density at radius 1 is 1.07 bits per heavy atom. The number of imidazole rings is 1. The Hall–Kier alpha value is -3.32. The van der Waals surface area contributed by atoms with E-state index in [1.807, 2.05) is 43.5 Å². The van der Waals surface area contributed by atoms with E-state index in [1.165, 1.54) is 41.2 Å². The normalized spacial score (nSPS) is 10.8. The van der Waals surface area contributed by atoms with Crippen LogP contribution in [-0.2, 0) is 0 Å². The summed E-state index contributed by atoms with van der Waals surface area (Å²) in [5.74, 6) is 0.496. The van der Waals surface area contributed by atoms with Crippen molar-refractivity contribution in [1.29, 1.82) is 0 Å². The van der Waals surface area contributed by atoms with Crippen LogP contribution in [0, 0.1) is 19.7 Å². The summed E-state index contributed by atoms with van der Waals surface area (Å²) in [5.41, 5.74) is 3.45. The van der Waals surface area contributed by atoms with Crippen molar-refractivity contribution in [3.8, 4) is 16.4 Å². The summed E-state index contributed by atoms with van der Waals surface area (Å²) < 4.78 is 14.9. The summed E-state index contributed by atoms with van der Waals surface area (Å²) in [4.78, 5) is 21.5. The molecule has 1 amide bonds. The van der Waals surface area contributed by atoms with Gasteiger partial charge in [-0.15, -0.1) is 11.3 Å². The number of amides is 1. The summed E-state index contributed by atoms with van der Waals surface area (Å²) in [6, 6.07) is 13.6. The lowest BCUT2D eigenvalue weighted by molar-refractivity contribution is 0.102. The van der Waals surface area contributed by atoms with Gasteiger partial charge in [-0.25, -0.2) is 14.4 Å². The lowest BCUT2D eigenvalue weighted by Gasteiger charge is -2.08. The Bertz CT molecular complexity index is 1130. The van der Waals surface area contributed by atoms with E-state index in [0.29, 0.717) is 22.3 Å². The van der Waals surface area contributed by atoms with E-state index in [4.69, 9.17) is 4.98 Å². The van der Waals surface area contributed by atoms with Crippen molar-refractivity contribution in [2.75, 3.05) is 5.32 Å². The largest absolute Gasteiger partial charge is 0.306 e. The highest BCUT2D eigenvalue weighted by atomic mass is 32.1. The molecule has 140 valence electrons. The third-order valence-electron chi connectivity index (χ3n) is 4.32. The molecule has 2 aromatic carbocycles. The van der Waals surface area contributed by atoms with E-state index in [-0.39, 0.29) is 11.7 Å². The predicted octanol–water partition coefficient (Wildman–Crippen LogP) is 5.00. The molecule has 2 aromatic heterocycles. The van der Waals surface area contributed by atoms with Crippen LogP contribution in [0.25, 0.3) is 16.4 Å². The van der Waals surface area contributed by atoms with Gasteiger partial charge in [0.05, 0.1) is 11.9 Å². The van der Waals surface area contributed by atoms with Crippen LogP contribution in [0.2, 0.25) is 0 Å². The van der Waals surface area contributed by atoms with E-state index in [0.717, 1.165) is 11.3 Å². The van der Waals surface area contributed by atoms with Gasteiger partial charge in [0, 0.05) is 16.5 Å². The van der Waals surface area contributed by atoms with Crippen molar-refractivity contribution in [2.24, 2.45) is 0 Å². The molecule has 1 N–H and O–H groups in total. The monoisotopic (exact) mass is 392 g/mol. The molecule has 0 bridgehead atoms. The molecule has 0 atom stereocenters. The zero-order valence-electron chi connectivity index (χ0n) is 15.3. The quantitative estimate of drug-likeness (QED) is 0.531. The predicted molar refractivity (Wildman–Crippen MR) is 108 cm³/mol. The van der Waals surface area contributed by atoms with Crippen molar-refractivity contribution in [3.63, 3.8) is 0 Å². The summed E-state index contributed by atoms with van der Waals surface area (Å²) >= 11 is 1.47. The minimum absolute atomic E-state index is 0.337. The Balaban J connectivity index is 1.63. The van der Waals surface area contributed by atoms with Crippen molar-refractivity contribution in [2.45, 2.75) is 13.8 Å². The first kappa shape index (κ1) is 18.1. The van der Waals surface area contributed by atoms with Crippen LogP contribution in [0.1, 0.15) is 21.7 Å². The van der Waals surface area contributed by atoms with Gasteiger partial charge in [0.1, 0.15) is 17.5 Å². The van der Waals surface area contributed by atoms with E-state index in [2.05, 4.69) is 10.3 Å². The van der Waals surface area contributed by atoms with Crippen LogP contribution < -0.4 is 5.32 Å². The topological polar surface area (TPSA) is 59.8 Å². The second kappa shape index (κ2) is 7.36. The van der Waals surface area contributed by atoms with Crippen LogP contribution in [0.4, 0.5) is 10.2 Å². The number of thiazole rings is 1. The number of aryl methyl sites for hydroxylation is 2. The first-order chi connectivity index (χ1) is 13.5. The average Bonchev–Trinajstić information content (AvgIpc) is 3.29. The molecule has 7 heteroatoms. The van der Waals surface area contributed by atoms with Gasteiger partial charge >= 0.3 is 0 Å². The molecular formula is C21H17FN4OS. The second-order valence-electron chi connectivity index (χ2n) is 6.37. The summed E-state index contributed by atoms with van der Waals surface area (Å²) in [6.45, 7) is 3.89. The smallest absolute Gasteiger partial charge is 0.256 e. The fraction of sp³-hybridized carbons (Fsp3) is 0.0952. The van der Waals surface area contributed by atoms with Crippen LogP contribution in [0.5, 0.6) is 0 Å². The van der Waals surface area contributed by atoms with Gasteiger partial charge < -0.3 is 5.32 Å². The number of benzene rings is 2. The fourth-order valence-corrected chi connectivity index (χ4v) is 3.68. The highest BCUT2D eigenvalue weighted by molar-refractivity contribution is 7.12. The average molecular weight is 392 g/mol. The molecule has 0 aliphatic carbocycles. The number of carbonyl (C=O) groups excluding carboxylic acids is 1. The number of anilines is 1. The van der Waals surface area contributed by atoms with Crippen molar-refractivity contribution < 1.29 is 9.18 Å². The standard InChI is InChI=1S/C21H17FN4OS/c1-13-3-5-15(6-4-13)18-12-28-21(24-18)26-14(2)23-11-19(26)25-20(27)16-7-9-17(22)10-8-16/h3-12H,1-2H3,(H,25,27). The molecule has 28 heavy (non-hydrogen) atoms. The highest BCUT2D eigenvalue weighted by Gasteiger charge is 2.16. The highest BCUT2D eigenvalue weighted by Crippen LogP contribution is 2.27. The maximum absolute atomic E-state index is 13.1.